The third-order valence-corrected chi connectivity index (χ3v) is 4.00. The van der Waals surface area contributed by atoms with E-state index in [4.69, 9.17) is 4.42 Å². The van der Waals surface area contributed by atoms with E-state index < -0.39 is 0 Å². The van der Waals surface area contributed by atoms with E-state index in [1.807, 2.05) is 6.07 Å². The van der Waals surface area contributed by atoms with Crippen molar-refractivity contribution in [3.63, 3.8) is 0 Å². The average molecular weight is 373 g/mol. The first kappa shape index (κ1) is 13.8. The molecule has 4 heteroatoms. The van der Waals surface area contributed by atoms with Crippen LogP contribution in [-0.2, 0) is 6.42 Å². The lowest BCUT2D eigenvalue weighted by atomic mass is 10.0. The predicted octanol–water partition coefficient (Wildman–Crippen LogP) is 4.70. The molecule has 0 aliphatic rings. The monoisotopic (exact) mass is 371 g/mol. The summed E-state index contributed by atoms with van der Waals surface area (Å²) in [5, 5.41) is 3.49. The van der Waals surface area contributed by atoms with Crippen LogP contribution in [0.4, 0.5) is 0 Å². The molecule has 0 fully saturated rings. The Bertz CT molecular complexity index is 493. The normalized spacial score (nSPS) is 12.6. The van der Waals surface area contributed by atoms with Crippen LogP contribution in [0.15, 0.2) is 50.2 Å². The average Bonchev–Trinajstić information content (AvgIpc) is 2.78. The summed E-state index contributed by atoms with van der Waals surface area (Å²) < 4.78 is 7.24. The Labute approximate surface area is 124 Å². The van der Waals surface area contributed by atoms with E-state index in [1.54, 1.807) is 6.26 Å². The van der Waals surface area contributed by atoms with Crippen LogP contribution in [-0.4, -0.2) is 6.54 Å². The van der Waals surface area contributed by atoms with Gasteiger partial charge in [-0.05, 0) is 52.7 Å². The van der Waals surface area contributed by atoms with Gasteiger partial charge in [-0.15, -0.1) is 0 Å². The van der Waals surface area contributed by atoms with E-state index >= 15 is 0 Å². The number of rotatable bonds is 5. The first-order chi connectivity index (χ1) is 8.70. The van der Waals surface area contributed by atoms with Crippen molar-refractivity contribution in [1.82, 2.24) is 5.32 Å². The maximum Gasteiger partial charge on any atom is 0.173 e. The largest absolute Gasteiger partial charge is 0.457 e. The second-order valence-electron chi connectivity index (χ2n) is 4.09. The van der Waals surface area contributed by atoms with Gasteiger partial charge in [-0.25, -0.2) is 0 Å². The van der Waals surface area contributed by atoms with Crippen LogP contribution < -0.4 is 5.32 Å². The van der Waals surface area contributed by atoms with E-state index in [2.05, 4.69) is 68.4 Å². The Morgan fingerprint density at radius 3 is 2.44 bits per heavy atom. The predicted molar refractivity (Wildman–Crippen MR) is 80.7 cm³/mol. The summed E-state index contributed by atoms with van der Waals surface area (Å²) in [6.45, 7) is 3.04. The van der Waals surface area contributed by atoms with E-state index in [-0.39, 0.29) is 6.04 Å². The van der Waals surface area contributed by atoms with Crippen LogP contribution in [0, 0.1) is 0 Å². The highest BCUT2D eigenvalue weighted by atomic mass is 79.9. The van der Waals surface area contributed by atoms with Crippen molar-refractivity contribution in [2.75, 3.05) is 6.54 Å². The summed E-state index contributed by atoms with van der Waals surface area (Å²) in [6.07, 6.45) is 2.66. The van der Waals surface area contributed by atoms with Gasteiger partial charge < -0.3 is 9.73 Å². The molecule has 96 valence electrons. The number of furan rings is 1. The highest BCUT2D eigenvalue weighted by Crippen LogP contribution is 2.27. The highest BCUT2D eigenvalue weighted by molar-refractivity contribution is 9.10. The second kappa shape index (κ2) is 6.55. The maximum absolute atomic E-state index is 5.32. The molecule has 0 spiro atoms. The van der Waals surface area contributed by atoms with Crippen molar-refractivity contribution in [3.8, 4) is 0 Å². The van der Waals surface area contributed by atoms with Crippen molar-refractivity contribution < 1.29 is 4.42 Å². The second-order valence-corrected chi connectivity index (χ2v) is 5.73. The molecular weight excluding hydrogens is 358 g/mol. The fourth-order valence-electron chi connectivity index (χ4n) is 1.95. The van der Waals surface area contributed by atoms with Gasteiger partial charge in [0.05, 0.1) is 6.26 Å². The summed E-state index contributed by atoms with van der Waals surface area (Å²) in [6, 6.07) is 10.7. The lowest BCUT2D eigenvalue weighted by Gasteiger charge is -2.17. The number of halogens is 2. The zero-order chi connectivity index (χ0) is 13.0. The fraction of sp³-hybridized carbons (Fsp3) is 0.286. The lowest BCUT2D eigenvalue weighted by molar-refractivity contribution is 0.506. The van der Waals surface area contributed by atoms with Crippen molar-refractivity contribution in [1.29, 1.82) is 0 Å². The molecule has 2 aromatic rings. The van der Waals surface area contributed by atoms with Gasteiger partial charge >= 0.3 is 0 Å². The molecule has 0 saturated heterocycles. The zero-order valence-corrected chi connectivity index (χ0v) is 13.3. The summed E-state index contributed by atoms with van der Waals surface area (Å²) >= 11 is 6.90. The minimum atomic E-state index is 0.268. The van der Waals surface area contributed by atoms with Gasteiger partial charge in [0.1, 0.15) is 0 Å². The third-order valence-electron chi connectivity index (χ3n) is 2.83. The Kier molecular flexibility index (Phi) is 5.03. The molecule has 1 unspecified atom stereocenters. The van der Waals surface area contributed by atoms with Gasteiger partial charge in [0.25, 0.3) is 0 Å². The van der Waals surface area contributed by atoms with Gasteiger partial charge in [-0.1, -0.05) is 35.0 Å². The Morgan fingerprint density at radius 1 is 1.17 bits per heavy atom. The van der Waals surface area contributed by atoms with E-state index in [1.165, 1.54) is 11.1 Å². The summed E-state index contributed by atoms with van der Waals surface area (Å²) in [7, 11) is 0. The molecule has 1 N–H and O–H groups in total. The molecule has 0 aliphatic carbocycles. The molecule has 0 saturated carbocycles. The number of likely N-dealkylation sites (N-methyl/N-ethyl adjacent to an activating group) is 1. The Balaban J connectivity index is 2.16. The molecule has 18 heavy (non-hydrogen) atoms. The maximum atomic E-state index is 5.32. The van der Waals surface area contributed by atoms with Gasteiger partial charge in [-0.2, -0.15) is 0 Å². The molecule has 1 aromatic heterocycles. The summed E-state index contributed by atoms with van der Waals surface area (Å²) in [5.41, 5.74) is 2.47. The molecule has 0 radical (unpaired) electrons. The van der Waals surface area contributed by atoms with Crippen LogP contribution in [0.5, 0.6) is 0 Å². The molecule has 0 amide bonds. The number of benzene rings is 1. The Morgan fingerprint density at radius 2 is 1.89 bits per heavy atom. The smallest absolute Gasteiger partial charge is 0.173 e. The van der Waals surface area contributed by atoms with Crippen LogP contribution in [0.25, 0.3) is 0 Å². The number of nitrogens with one attached hydrogen (secondary N) is 1. The molecular formula is C14H15Br2NO. The van der Waals surface area contributed by atoms with Crippen molar-refractivity contribution in [2.24, 2.45) is 0 Å². The SMILES string of the molecule is CCNC(Cc1ccc(Br)cc1)c1ccoc1Br. The van der Waals surface area contributed by atoms with Crippen LogP contribution in [0.1, 0.15) is 24.1 Å². The van der Waals surface area contributed by atoms with Crippen molar-refractivity contribution >= 4 is 31.9 Å². The Hall–Kier alpha value is -0.580. The molecule has 0 aliphatic heterocycles. The van der Waals surface area contributed by atoms with Gasteiger partial charge in [0.15, 0.2) is 4.67 Å². The quantitative estimate of drug-likeness (QED) is 0.822. The molecule has 1 heterocycles. The first-order valence-corrected chi connectivity index (χ1v) is 7.50. The summed E-state index contributed by atoms with van der Waals surface area (Å²) in [5.74, 6) is 0. The van der Waals surface area contributed by atoms with Crippen LogP contribution in [0.3, 0.4) is 0 Å². The minimum Gasteiger partial charge on any atom is -0.457 e. The van der Waals surface area contributed by atoms with Gasteiger partial charge in [0, 0.05) is 16.1 Å². The van der Waals surface area contributed by atoms with Crippen molar-refractivity contribution in [2.45, 2.75) is 19.4 Å². The minimum absolute atomic E-state index is 0.268. The molecule has 2 rings (SSSR count). The molecule has 1 atom stereocenters. The van der Waals surface area contributed by atoms with Crippen LogP contribution in [0.2, 0.25) is 0 Å². The first-order valence-electron chi connectivity index (χ1n) is 5.91. The topological polar surface area (TPSA) is 25.2 Å². The van der Waals surface area contributed by atoms with E-state index in [0.29, 0.717) is 0 Å². The highest BCUT2D eigenvalue weighted by Gasteiger charge is 2.16. The fourth-order valence-corrected chi connectivity index (χ4v) is 2.73. The summed E-state index contributed by atoms with van der Waals surface area (Å²) in [4.78, 5) is 0. The molecule has 2 nitrogen and oxygen atoms in total. The lowest BCUT2D eigenvalue weighted by Crippen LogP contribution is -2.22. The van der Waals surface area contributed by atoms with Crippen molar-refractivity contribution in [3.05, 3.63) is 56.9 Å². The van der Waals surface area contributed by atoms with Gasteiger partial charge in [0.2, 0.25) is 0 Å². The number of hydrogen-bond acceptors (Lipinski definition) is 2. The zero-order valence-electron chi connectivity index (χ0n) is 10.1. The standard InChI is InChI=1S/C14H15Br2NO/c1-2-17-13(12-7-8-18-14(12)16)9-10-3-5-11(15)6-4-10/h3-8,13,17H,2,9H2,1H3. The molecule has 1 aromatic carbocycles. The van der Waals surface area contributed by atoms with Crippen LogP contribution >= 0.6 is 31.9 Å². The third kappa shape index (κ3) is 3.46. The molecule has 0 bridgehead atoms. The van der Waals surface area contributed by atoms with E-state index in [9.17, 15) is 0 Å². The van der Waals surface area contributed by atoms with Gasteiger partial charge in [-0.3, -0.25) is 0 Å². The van der Waals surface area contributed by atoms with E-state index in [0.717, 1.165) is 22.1 Å². The number of hydrogen-bond donors (Lipinski definition) is 1.